The Kier molecular flexibility index (Phi) is 11.9. The topological polar surface area (TPSA) is 200 Å². The first-order chi connectivity index (χ1) is 30.0. The van der Waals surface area contributed by atoms with Crippen molar-refractivity contribution in [1.29, 1.82) is 0 Å². The van der Waals surface area contributed by atoms with Gasteiger partial charge in [-0.3, -0.25) is 29.0 Å². The number of allylic oxidation sites excluding steroid dienone is 4. The van der Waals surface area contributed by atoms with Crippen molar-refractivity contribution in [2.45, 2.75) is 114 Å². The molecule has 14 nitrogen and oxygen atoms in total. The number of epoxide rings is 1. The number of hydrogen-bond acceptors (Lipinski definition) is 12. The number of pyridine rings is 1. The molecule has 0 radical (unpaired) electrons. The number of esters is 2. The van der Waals surface area contributed by atoms with Gasteiger partial charge in [-0.05, 0) is 112 Å². The minimum Gasteiger partial charge on any atom is -0.461 e. The number of aromatic nitrogens is 1. The van der Waals surface area contributed by atoms with Crippen LogP contribution in [0.1, 0.15) is 96.1 Å². The number of amides is 2. The standard InChI is InChI=1S/C49H55N3O11/c1-46(2,3)62-45(59)51-26-37(44(58)52-34-14-12-32-25-50-21-18-31(32)22-34)30-10-8-29(9-11-30)27-60-41(56)6-5-7-42(57)61-28-40(55)48-20-17-38-36-15-13-33-23-35(53)16-19-47(33,4)43(36)39(54)24-49(38,48)63-48/h8-12,14,16,18-19,21-23,25,36-39,43,54H,5-7,13,15,17,20,24,26-28H2,1-4H3,(H,51,59)(H,52,58)/t36-,37+,38-,39-,43+,47-,48-,49+/m0/s1. The Morgan fingerprint density at radius 3 is 2.51 bits per heavy atom. The molecule has 2 amide bonds. The molecule has 4 fully saturated rings. The van der Waals surface area contributed by atoms with Gasteiger partial charge in [0.05, 0.1) is 12.0 Å². The quantitative estimate of drug-likeness (QED) is 0.0894. The molecule has 3 aromatic rings. The fourth-order valence-corrected chi connectivity index (χ4v) is 10.8. The highest BCUT2D eigenvalue weighted by molar-refractivity contribution is 6.01. The molecule has 8 atom stereocenters. The van der Waals surface area contributed by atoms with E-state index in [-0.39, 0.29) is 67.6 Å². The van der Waals surface area contributed by atoms with Gasteiger partial charge in [0.25, 0.3) is 0 Å². The Balaban J connectivity index is 0.788. The van der Waals surface area contributed by atoms with E-state index in [1.807, 2.05) is 24.3 Å². The smallest absolute Gasteiger partial charge is 0.407 e. The predicted octanol–water partition coefficient (Wildman–Crippen LogP) is 6.59. The maximum atomic E-state index is 13.6. The number of fused-ring (bicyclic) bond motifs is 5. The molecule has 1 saturated heterocycles. The lowest BCUT2D eigenvalue weighted by molar-refractivity contribution is -0.150. The molecular weight excluding hydrogens is 807 g/mol. The number of aliphatic hydroxyl groups excluding tert-OH is 1. The van der Waals surface area contributed by atoms with Gasteiger partial charge < -0.3 is 34.7 Å². The highest BCUT2D eigenvalue weighted by Gasteiger charge is 2.83. The van der Waals surface area contributed by atoms with Crippen molar-refractivity contribution in [3.63, 3.8) is 0 Å². The normalized spacial score (nSPS) is 28.3. The third-order valence-corrected chi connectivity index (χ3v) is 13.8. The van der Waals surface area contributed by atoms with Crippen LogP contribution in [0.15, 0.2) is 84.7 Å². The molecule has 3 N–H and O–H groups in total. The maximum Gasteiger partial charge on any atom is 0.407 e. The number of alkyl carbamates (subject to hydrolysis) is 1. The Bertz CT molecular complexity index is 2390. The van der Waals surface area contributed by atoms with Crippen LogP contribution in [0.5, 0.6) is 0 Å². The molecule has 0 bridgehead atoms. The summed E-state index contributed by atoms with van der Waals surface area (Å²) in [5.41, 5.74) is -0.0295. The Hall–Kier alpha value is -5.73. The molecule has 1 aliphatic heterocycles. The third-order valence-electron chi connectivity index (χ3n) is 13.8. The van der Waals surface area contributed by atoms with Crippen molar-refractivity contribution in [3.8, 4) is 0 Å². The predicted molar refractivity (Wildman–Crippen MR) is 230 cm³/mol. The molecule has 4 aliphatic carbocycles. The number of aliphatic hydroxyl groups is 1. The number of carbonyl (C=O) groups is 6. The van der Waals surface area contributed by atoms with Crippen LogP contribution in [0.25, 0.3) is 10.8 Å². The number of benzene rings is 2. The molecule has 2 aromatic carbocycles. The molecule has 1 aromatic heterocycles. The summed E-state index contributed by atoms with van der Waals surface area (Å²) in [6, 6.07) is 14.3. The van der Waals surface area contributed by atoms with Gasteiger partial charge in [-0.25, -0.2) is 4.79 Å². The zero-order chi connectivity index (χ0) is 44.7. The van der Waals surface area contributed by atoms with Crippen molar-refractivity contribution in [1.82, 2.24) is 10.3 Å². The van der Waals surface area contributed by atoms with Gasteiger partial charge in [0, 0.05) is 60.6 Å². The van der Waals surface area contributed by atoms with E-state index in [0.717, 1.165) is 35.6 Å². The van der Waals surface area contributed by atoms with Gasteiger partial charge >= 0.3 is 18.0 Å². The van der Waals surface area contributed by atoms with Gasteiger partial charge in [0.15, 0.2) is 18.0 Å². The van der Waals surface area contributed by atoms with Crippen LogP contribution in [-0.4, -0.2) is 81.7 Å². The van der Waals surface area contributed by atoms with E-state index in [9.17, 15) is 33.9 Å². The van der Waals surface area contributed by atoms with E-state index in [4.69, 9.17) is 18.9 Å². The van der Waals surface area contributed by atoms with Gasteiger partial charge in [-0.2, -0.15) is 0 Å². The molecular formula is C49H55N3O11. The molecule has 0 unspecified atom stereocenters. The average molecular weight is 862 g/mol. The first-order valence-electron chi connectivity index (χ1n) is 21.9. The number of anilines is 1. The van der Waals surface area contributed by atoms with Gasteiger partial charge in [0.1, 0.15) is 17.8 Å². The summed E-state index contributed by atoms with van der Waals surface area (Å²) in [7, 11) is 0. The van der Waals surface area contributed by atoms with Crippen LogP contribution >= 0.6 is 0 Å². The van der Waals surface area contributed by atoms with Crippen molar-refractivity contribution < 1.29 is 52.8 Å². The van der Waals surface area contributed by atoms with E-state index >= 15 is 0 Å². The third kappa shape index (κ3) is 8.80. The van der Waals surface area contributed by atoms with Crippen molar-refractivity contribution >= 4 is 52.0 Å². The highest BCUT2D eigenvalue weighted by atomic mass is 16.6. The lowest BCUT2D eigenvalue weighted by atomic mass is 9.49. The number of ketones is 2. The van der Waals surface area contributed by atoms with Crippen LogP contribution < -0.4 is 10.6 Å². The average Bonchev–Trinajstić information content (AvgIpc) is 3.76. The van der Waals surface area contributed by atoms with E-state index in [2.05, 4.69) is 22.5 Å². The maximum absolute atomic E-state index is 13.6. The van der Waals surface area contributed by atoms with Gasteiger partial charge in [-0.1, -0.05) is 48.9 Å². The SMILES string of the molecule is CC(C)(C)OC(=O)NC[C@@H](C(=O)Nc1ccc2cnccc2c1)c1ccc(COC(=O)CCCC(=O)OCC(=O)[C@@]23CC[C@H]4[C@@H]5CCC6=CC(=O)C=C[C@]6(C)[C@H]5[C@@H](O)C[C@@]42O3)cc1. The van der Waals surface area contributed by atoms with Crippen LogP contribution in [-0.2, 0) is 49.5 Å². The Morgan fingerprint density at radius 2 is 1.75 bits per heavy atom. The van der Waals surface area contributed by atoms with Crippen molar-refractivity contribution in [3.05, 3.63) is 95.9 Å². The van der Waals surface area contributed by atoms with Gasteiger partial charge in [0.2, 0.25) is 11.7 Å². The van der Waals surface area contributed by atoms with E-state index in [1.54, 1.807) is 75.6 Å². The summed E-state index contributed by atoms with van der Waals surface area (Å²) < 4.78 is 22.5. The number of carbonyl (C=O) groups excluding carboxylic acids is 6. The number of Topliss-reactive ketones (excluding diaryl/α,β-unsaturated/α-hetero) is 1. The molecule has 2 heterocycles. The molecule has 332 valence electrons. The first kappa shape index (κ1) is 43.9. The monoisotopic (exact) mass is 861 g/mol. The number of ether oxygens (including phenoxy) is 4. The molecule has 5 aliphatic rings. The lowest BCUT2D eigenvalue weighted by Gasteiger charge is -2.55. The fourth-order valence-electron chi connectivity index (χ4n) is 10.8. The molecule has 14 heteroatoms. The minimum absolute atomic E-state index is 0.0211. The summed E-state index contributed by atoms with van der Waals surface area (Å²) in [6.07, 6.45) is 10.6. The minimum atomic E-state index is -1.07. The van der Waals surface area contributed by atoms with Crippen molar-refractivity contribution in [2.75, 3.05) is 18.5 Å². The van der Waals surface area contributed by atoms with E-state index in [1.165, 1.54) is 0 Å². The second kappa shape index (κ2) is 17.1. The highest BCUT2D eigenvalue weighted by Crippen LogP contribution is 2.73. The Labute approximate surface area is 366 Å². The molecule has 3 saturated carbocycles. The summed E-state index contributed by atoms with van der Waals surface area (Å²) in [5, 5.41) is 19.0. The largest absolute Gasteiger partial charge is 0.461 e. The fraction of sp³-hybridized carbons (Fsp3) is 0.490. The second-order valence-corrected chi connectivity index (χ2v) is 18.9. The van der Waals surface area contributed by atoms with Crippen LogP contribution in [0.2, 0.25) is 0 Å². The number of nitrogens with zero attached hydrogens (tertiary/aromatic N) is 1. The molecule has 63 heavy (non-hydrogen) atoms. The summed E-state index contributed by atoms with van der Waals surface area (Å²) in [6.45, 7) is 6.85. The first-order valence-corrected chi connectivity index (χ1v) is 21.9. The van der Waals surface area contributed by atoms with E-state index < -0.39 is 58.9 Å². The van der Waals surface area contributed by atoms with Gasteiger partial charge in [-0.15, -0.1) is 0 Å². The number of nitrogens with one attached hydrogen (secondary N) is 2. The number of rotatable bonds is 14. The van der Waals surface area contributed by atoms with Crippen LogP contribution in [0, 0.1) is 23.2 Å². The Morgan fingerprint density at radius 1 is 0.984 bits per heavy atom. The number of hydrogen-bond donors (Lipinski definition) is 3. The van der Waals surface area contributed by atoms with Crippen LogP contribution in [0.3, 0.4) is 0 Å². The molecule has 8 rings (SSSR count). The lowest BCUT2D eigenvalue weighted by Crippen LogP contribution is -2.56. The summed E-state index contributed by atoms with van der Waals surface area (Å²) in [4.78, 5) is 81.3. The zero-order valence-electron chi connectivity index (χ0n) is 36.1. The summed E-state index contributed by atoms with van der Waals surface area (Å²) >= 11 is 0. The van der Waals surface area contributed by atoms with E-state index in [0.29, 0.717) is 29.7 Å². The zero-order valence-corrected chi connectivity index (χ0v) is 36.1. The van der Waals surface area contributed by atoms with Crippen molar-refractivity contribution in [2.24, 2.45) is 23.2 Å². The summed E-state index contributed by atoms with van der Waals surface area (Å²) in [5.74, 6) is -2.40. The second-order valence-electron chi connectivity index (χ2n) is 18.9. The molecule has 1 spiro atoms. The van der Waals surface area contributed by atoms with Crippen LogP contribution in [0.4, 0.5) is 10.5 Å².